The number of hydrogen-bond donors (Lipinski definition) is 3. The van der Waals surface area contributed by atoms with Gasteiger partial charge in [-0.2, -0.15) is 0 Å². The van der Waals surface area contributed by atoms with Gasteiger partial charge in [-0.15, -0.1) is 0 Å². The van der Waals surface area contributed by atoms with Gasteiger partial charge in [-0.25, -0.2) is 9.78 Å². The second-order valence-electron chi connectivity index (χ2n) is 7.22. The number of carbonyl (C=O) groups is 1. The summed E-state index contributed by atoms with van der Waals surface area (Å²) >= 11 is 0. The monoisotopic (exact) mass is 329 g/mol. The molecule has 1 heterocycles. The lowest BCUT2D eigenvalue weighted by atomic mass is 9.97. The number of benzene rings is 1. The Balaban J connectivity index is 1.67. The van der Waals surface area contributed by atoms with Crippen LogP contribution < -0.4 is 10.6 Å². The van der Waals surface area contributed by atoms with E-state index < -0.39 is 0 Å². The molecule has 0 saturated carbocycles. The maximum atomic E-state index is 12.1. The van der Waals surface area contributed by atoms with Crippen molar-refractivity contribution in [2.45, 2.75) is 38.6 Å². The summed E-state index contributed by atoms with van der Waals surface area (Å²) < 4.78 is 5.75. The predicted molar refractivity (Wildman–Crippen MR) is 93.0 cm³/mol. The summed E-state index contributed by atoms with van der Waals surface area (Å²) in [5, 5.41) is 14.8. The molecule has 1 aliphatic rings. The minimum Gasteiger partial charge on any atom is -0.440 e. The Morgan fingerprint density at radius 1 is 1.38 bits per heavy atom. The molecule has 0 aliphatic heterocycles. The summed E-state index contributed by atoms with van der Waals surface area (Å²) in [6, 6.07) is 5.08. The molecule has 2 atom stereocenters. The lowest BCUT2D eigenvalue weighted by Crippen LogP contribution is -2.36. The first kappa shape index (κ1) is 16.5. The minimum absolute atomic E-state index is 0.0505. The highest BCUT2D eigenvalue weighted by Gasteiger charge is 2.22. The van der Waals surface area contributed by atoms with Crippen molar-refractivity contribution in [2.75, 3.05) is 11.9 Å². The van der Waals surface area contributed by atoms with Crippen LogP contribution in [0.25, 0.3) is 11.1 Å². The maximum absolute atomic E-state index is 12.1. The number of nitrogens with one attached hydrogen (secondary N) is 2. The molecule has 6 heteroatoms. The Hall–Kier alpha value is -2.34. The molecule has 2 amide bonds. The molecule has 1 aromatic carbocycles. The van der Waals surface area contributed by atoms with E-state index in [1.54, 1.807) is 12.1 Å². The fourth-order valence-corrected chi connectivity index (χ4v) is 2.68. The van der Waals surface area contributed by atoms with E-state index in [1.807, 2.05) is 39.0 Å². The Morgan fingerprint density at radius 2 is 2.17 bits per heavy atom. The molecular formula is C18H23N3O3. The quantitative estimate of drug-likeness (QED) is 0.755. The van der Waals surface area contributed by atoms with Crippen LogP contribution in [0.15, 0.2) is 34.8 Å². The summed E-state index contributed by atoms with van der Waals surface area (Å²) in [5.74, 6) is 0.794. The number of fused-ring (bicyclic) bond motifs is 1. The van der Waals surface area contributed by atoms with Crippen LogP contribution >= 0.6 is 0 Å². The summed E-state index contributed by atoms with van der Waals surface area (Å²) in [7, 11) is 0. The van der Waals surface area contributed by atoms with Crippen molar-refractivity contribution in [3.05, 3.63) is 36.2 Å². The summed E-state index contributed by atoms with van der Waals surface area (Å²) in [6.45, 7) is 6.23. The second kappa shape index (κ2) is 6.28. The lowest BCUT2D eigenvalue weighted by Gasteiger charge is -2.13. The number of nitrogens with zero attached hydrogens (tertiary/aromatic N) is 1. The molecule has 0 unspecified atom stereocenters. The number of urea groups is 1. The fourth-order valence-electron chi connectivity index (χ4n) is 2.68. The molecule has 0 saturated heterocycles. The minimum atomic E-state index is -0.276. The normalized spacial score (nSPS) is 20.5. The number of hydrogen-bond acceptors (Lipinski definition) is 4. The lowest BCUT2D eigenvalue weighted by molar-refractivity contribution is 0.238. The van der Waals surface area contributed by atoms with Gasteiger partial charge < -0.3 is 20.2 Å². The number of aliphatic hydroxyl groups is 1. The first-order valence-electron chi connectivity index (χ1n) is 8.13. The number of anilines is 1. The molecular weight excluding hydrogens is 306 g/mol. The Labute approximate surface area is 141 Å². The van der Waals surface area contributed by atoms with Crippen LogP contribution in [0.2, 0.25) is 0 Å². The highest BCUT2D eigenvalue weighted by molar-refractivity contribution is 5.91. The average molecular weight is 329 g/mol. The third-order valence-electron chi connectivity index (χ3n) is 4.01. The molecule has 6 nitrogen and oxygen atoms in total. The van der Waals surface area contributed by atoms with Crippen molar-refractivity contribution >= 4 is 22.8 Å². The Morgan fingerprint density at radius 3 is 2.83 bits per heavy atom. The van der Waals surface area contributed by atoms with Crippen LogP contribution in [0.4, 0.5) is 10.5 Å². The van der Waals surface area contributed by atoms with E-state index in [4.69, 9.17) is 9.52 Å². The van der Waals surface area contributed by atoms with E-state index in [2.05, 4.69) is 15.6 Å². The zero-order chi connectivity index (χ0) is 17.3. The van der Waals surface area contributed by atoms with Gasteiger partial charge in [-0.3, -0.25) is 0 Å². The molecule has 3 rings (SSSR count). The Kier molecular flexibility index (Phi) is 4.32. The van der Waals surface area contributed by atoms with E-state index in [0.29, 0.717) is 17.2 Å². The van der Waals surface area contributed by atoms with Gasteiger partial charge >= 0.3 is 6.03 Å². The number of aromatic nitrogens is 1. The number of aliphatic hydroxyl groups excluding tert-OH is 1. The van der Waals surface area contributed by atoms with Crippen molar-refractivity contribution in [3.63, 3.8) is 0 Å². The van der Waals surface area contributed by atoms with Crippen molar-refractivity contribution < 1.29 is 14.3 Å². The summed E-state index contributed by atoms with van der Waals surface area (Å²) in [6.07, 6.45) is 4.57. The van der Waals surface area contributed by atoms with Crippen molar-refractivity contribution in [2.24, 2.45) is 5.92 Å². The number of rotatable bonds is 3. The largest absolute Gasteiger partial charge is 0.440 e. The van der Waals surface area contributed by atoms with Gasteiger partial charge in [0, 0.05) is 29.7 Å². The SMILES string of the molecule is CC(C)(C)c1nc2cc(NC(=O)N[C@@H]3C=C[C@H](CO)C3)ccc2o1. The van der Waals surface area contributed by atoms with Crippen LogP contribution in [0, 0.1) is 5.92 Å². The first-order chi connectivity index (χ1) is 11.3. The van der Waals surface area contributed by atoms with Crippen LogP contribution in [-0.2, 0) is 5.41 Å². The molecule has 3 N–H and O–H groups in total. The van der Waals surface area contributed by atoms with Crippen LogP contribution in [0.3, 0.4) is 0 Å². The highest BCUT2D eigenvalue weighted by atomic mass is 16.3. The van der Waals surface area contributed by atoms with Gasteiger partial charge in [-0.1, -0.05) is 32.9 Å². The molecule has 2 aromatic rings. The summed E-state index contributed by atoms with van der Waals surface area (Å²) in [4.78, 5) is 16.6. The van der Waals surface area contributed by atoms with Gasteiger partial charge in [-0.05, 0) is 24.6 Å². The van der Waals surface area contributed by atoms with Gasteiger partial charge in [0.15, 0.2) is 5.58 Å². The zero-order valence-electron chi connectivity index (χ0n) is 14.2. The Bertz CT molecular complexity index is 773. The van der Waals surface area contributed by atoms with E-state index >= 15 is 0 Å². The van der Waals surface area contributed by atoms with Crippen LogP contribution in [0.5, 0.6) is 0 Å². The molecule has 1 aliphatic carbocycles. The van der Waals surface area contributed by atoms with Crippen molar-refractivity contribution in [1.82, 2.24) is 10.3 Å². The molecule has 0 bridgehead atoms. The van der Waals surface area contributed by atoms with Gasteiger partial charge in [0.05, 0.1) is 0 Å². The number of carbonyl (C=O) groups excluding carboxylic acids is 1. The third kappa shape index (κ3) is 3.59. The van der Waals surface area contributed by atoms with Gasteiger partial charge in [0.2, 0.25) is 5.89 Å². The molecule has 0 spiro atoms. The van der Waals surface area contributed by atoms with Crippen molar-refractivity contribution in [3.8, 4) is 0 Å². The average Bonchev–Trinajstić information content (AvgIpc) is 3.12. The molecule has 0 fully saturated rings. The second-order valence-corrected chi connectivity index (χ2v) is 7.22. The number of oxazole rings is 1. The highest BCUT2D eigenvalue weighted by Crippen LogP contribution is 2.27. The van der Waals surface area contributed by atoms with E-state index in [-0.39, 0.29) is 30.0 Å². The molecule has 128 valence electrons. The topological polar surface area (TPSA) is 87.4 Å². The van der Waals surface area contributed by atoms with Crippen LogP contribution in [-0.4, -0.2) is 28.8 Å². The molecule has 1 aromatic heterocycles. The van der Waals surface area contributed by atoms with E-state index in [0.717, 1.165) is 11.9 Å². The third-order valence-corrected chi connectivity index (χ3v) is 4.01. The fraction of sp³-hybridized carbons (Fsp3) is 0.444. The van der Waals surface area contributed by atoms with Gasteiger partial charge in [0.25, 0.3) is 0 Å². The summed E-state index contributed by atoms with van der Waals surface area (Å²) in [5.41, 5.74) is 1.92. The van der Waals surface area contributed by atoms with Gasteiger partial charge in [0.1, 0.15) is 5.52 Å². The van der Waals surface area contributed by atoms with E-state index in [1.165, 1.54) is 0 Å². The number of amides is 2. The van der Waals surface area contributed by atoms with Crippen LogP contribution in [0.1, 0.15) is 33.1 Å². The molecule has 0 radical (unpaired) electrons. The van der Waals surface area contributed by atoms with E-state index in [9.17, 15) is 4.79 Å². The predicted octanol–water partition coefficient (Wildman–Crippen LogP) is 3.18. The standard InChI is InChI=1S/C18H23N3O3/c1-18(2,3)16-21-14-9-13(6-7-15(14)24-16)20-17(23)19-12-5-4-11(8-12)10-22/h4-7,9,11-12,22H,8,10H2,1-3H3,(H2,19,20,23)/t11-,12+/m0/s1. The first-order valence-corrected chi connectivity index (χ1v) is 8.13. The molecule has 24 heavy (non-hydrogen) atoms. The smallest absolute Gasteiger partial charge is 0.319 e. The van der Waals surface area contributed by atoms with Crippen molar-refractivity contribution in [1.29, 1.82) is 0 Å². The zero-order valence-corrected chi connectivity index (χ0v) is 14.2. The maximum Gasteiger partial charge on any atom is 0.319 e.